The fourth-order valence-electron chi connectivity index (χ4n) is 2.80. The summed E-state index contributed by atoms with van der Waals surface area (Å²) in [6, 6.07) is 9.72. The Morgan fingerprint density at radius 3 is 2.45 bits per heavy atom. The maximum atomic E-state index is 12.6. The van der Waals surface area contributed by atoms with Crippen molar-refractivity contribution >= 4 is 5.97 Å². The maximum Gasteiger partial charge on any atom is 0.333 e. The number of methoxy groups -OCH3 is 2. The third-order valence-electron chi connectivity index (χ3n) is 3.78. The van der Waals surface area contributed by atoms with Crippen LogP contribution >= 0.6 is 0 Å². The van der Waals surface area contributed by atoms with Crippen LogP contribution in [-0.2, 0) is 19.8 Å². The monoisotopic (exact) mass is 278 g/mol. The summed E-state index contributed by atoms with van der Waals surface area (Å²) in [7, 11) is 3.04. The summed E-state index contributed by atoms with van der Waals surface area (Å²) in [4.78, 5) is 14.7. The van der Waals surface area contributed by atoms with Crippen molar-refractivity contribution < 1.29 is 14.3 Å². The van der Waals surface area contributed by atoms with Crippen molar-refractivity contribution in [1.29, 1.82) is 0 Å². The molecule has 20 heavy (non-hydrogen) atoms. The molecule has 0 bridgehead atoms. The summed E-state index contributed by atoms with van der Waals surface area (Å²) in [5.41, 5.74) is 0.0444. The number of nitrogens with zero attached hydrogens (tertiary/aromatic N) is 1. The van der Waals surface area contributed by atoms with Crippen LogP contribution in [0.1, 0.15) is 5.56 Å². The van der Waals surface area contributed by atoms with E-state index in [9.17, 15) is 4.79 Å². The molecule has 1 aliphatic heterocycles. The summed E-state index contributed by atoms with van der Waals surface area (Å²) < 4.78 is 10.5. The summed E-state index contributed by atoms with van der Waals surface area (Å²) in [5.74, 6) is -0.271. The molecule has 1 unspecified atom stereocenters. The standard InChI is InChI=1S/C15H22N2O3/c1-19-12-15(14(18)20-2,13-6-4-3-5-7-13)17-10-8-16-9-11-17/h3-7,16H,8-12H2,1-2H3. The third-order valence-corrected chi connectivity index (χ3v) is 3.78. The number of hydrogen-bond donors (Lipinski definition) is 1. The lowest BCUT2D eigenvalue weighted by molar-refractivity contribution is -0.161. The fraction of sp³-hybridized carbons (Fsp3) is 0.533. The highest BCUT2D eigenvalue weighted by Crippen LogP contribution is 2.31. The minimum absolute atomic E-state index is 0.271. The number of hydrogen-bond acceptors (Lipinski definition) is 5. The topological polar surface area (TPSA) is 50.8 Å². The highest BCUT2D eigenvalue weighted by atomic mass is 16.5. The quantitative estimate of drug-likeness (QED) is 0.800. The summed E-state index contributed by atoms with van der Waals surface area (Å²) in [6.45, 7) is 3.56. The second kappa shape index (κ2) is 6.83. The highest BCUT2D eigenvalue weighted by molar-refractivity contribution is 5.83. The van der Waals surface area contributed by atoms with Gasteiger partial charge in [-0.3, -0.25) is 4.90 Å². The van der Waals surface area contributed by atoms with E-state index in [1.54, 1.807) is 7.11 Å². The molecule has 5 nitrogen and oxygen atoms in total. The van der Waals surface area contributed by atoms with Crippen LogP contribution in [0.4, 0.5) is 0 Å². The van der Waals surface area contributed by atoms with E-state index in [0.29, 0.717) is 0 Å². The number of carbonyl (C=O) groups is 1. The molecule has 0 radical (unpaired) electrons. The van der Waals surface area contributed by atoms with Crippen molar-refractivity contribution in [1.82, 2.24) is 10.2 Å². The van der Waals surface area contributed by atoms with Crippen molar-refractivity contribution in [2.24, 2.45) is 0 Å². The van der Waals surface area contributed by atoms with E-state index >= 15 is 0 Å². The Balaban J connectivity index is 2.46. The molecular weight excluding hydrogens is 256 g/mol. The predicted molar refractivity (Wildman–Crippen MR) is 76.5 cm³/mol. The molecule has 1 fully saturated rings. The molecule has 0 aromatic heterocycles. The van der Waals surface area contributed by atoms with Gasteiger partial charge in [0, 0.05) is 33.3 Å². The van der Waals surface area contributed by atoms with E-state index in [2.05, 4.69) is 10.2 Å². The van der Waals surface area contributed by atoms with Crippen LogP contribution in [0.3, 0.4) is 0 Å². The first-order valence-electron chi connectivity index (χ1n) is 6.84. The third kappa shape index (κ3) is 2.70. The van der Waals surface area contributed by atoms with Gasteiger partial charge in [-0.1, -0.05) is 30.3 Å². The Labute approximate surface area is 119 Å². The summed E-state index contributed by atoms with van der Waals surface area (Å²) in [6.07, 6.45) is 0. The minimum atomic E-state index is -0.868. The molecule has 110 valence electrons. The van der Waals surface area contributed by atoms with Crippen LogP contribution in [0.2, 0.25) is 0 Å². The second-order valence-corrected chi connectivity index (χ2v) is 4.89. The van der Waals surface area contributed by atoms with Crippen LogP contribution in [0.5, 0.6) is 0 Å². The van der Waals surface area contributed by atoms with Crippen LogP contribution < -0.4 is 5.32 Å². The molecule has 5 heteroatoms. The van der Waals surface area contributed by atoms with Gasteiger partial charge in [-0.15, -0.1) is 0 Å². The number of rotatable bonds is 5. The van der Waals surface area contributed by atoms with Gasteiger partial charge < -0.3 is 14.8 Å². The Morgan fingerprint density at radius 1 is 1.25 bits per heavy atom. The van der Waals surface area contributed by atoms with Gasteiger partial charge in [0.1, 0.15) is 0 Å². The van der Waals surface area contributed by atoms with Gasteiger partial charge in [-0.05, 0) is 5.56 Å². The first kappa shape index (κ1) is 15.0. The number of nitrogens with one attached hydrogen (secondary N) is 1. The van der Waals surface area contributed by atoms with Gasteiger partial charge in [0.25, 0.3) is 0 Å². The average molecular weight is 278 g/mol. The first-order valence-corrected chi connectivity index (χ1v) is 6.84. The van der Waals surface area contributed by atoms with Crippen LogP contribution in [0, 0.1) is 0 Å². The molecule has 1 saturated heterocycles. The lowest BCUT2D eigenvalue weighted by atomic mass is 9.88. The first-order chi connectivity index (χ1) is 9.75. The average Bonchev–Trinajstić information content (AvgIpc) is 2.53. The van der Waals surface area contributed by atoms with Gasteiger partial charge in [0.15, 0.2) is 5.54 Å². The molecule has 1 aromatic carbocycles. The second-order valence-electron chi connectivity index (χ2n) is 4.89. The Hall–Kier alpha value is -1.43. The molecule has 2 rings (SSSR count). The van der Waals surface area contributed by atoms with Gasteiger partial charge in [-0.2, -0.15) is 0 Å². The molecule has 1 atom stereocenters. The molecule has 0 spiro atoms. The number of carbonyl (C=O) groups excluding carboxylic acids is 1. The van der Waals surface area contributed by atoms with Crippen molar-refractivity contribution in [3.05, 3.63) is 35.9 Å². The van der Waals surface area contributed by atoms with Crippen molar-refractivity contribution in [2.75, 3.05) is 47.0 Å². The molecule has 0 saturated carbocycles. The summed E-state index contributed by atoms with van der Waals surface area (Å²) >= 11 is 0. The van der Waals surface area contributed by atoms with Crippen molar-refractivity contribution in [2.45, 2.75) is 5.54 Å². The lowest BCUT2D eigenvalue weighted by Gasteiger charge is -2.43. The molecule has 1 N–H and O–H groups in total. The lowest BCUT2D eigenvalue weighted by Crippen LogP contribution is -2.60. The molecule has 1 aromatic rings. The Kier molecular flexibility index (Phi) is 5.11. The summed E-state index contributed by atoms with van der Waals surface area (Å²) in [5, 5.41) is 3.30. The van der Waals surface area contributed by atoms with E-state index in [4.69, 9.17) is 9.47 Å². The van der Waals surface area contributed by atoms with E-state index in [1.807, 2.05) is 30.3 Å². The van der Waals surface area contributed by atoms with Crippen molar-refractivity contribution in [3.8, 4) is 0 Å². The Morgan fingerprint density at radius 2 is 1.90 bits per heavy atom. The van der Waals surface area contributed by atoms with Gasteiger partial charge in [0.05, 0.1) is 13.7 Å². The van der Waals surface area contributed by atoms with Crippen LogP contribution in [0.15, 0.2) is 30.3 Å². The maximum absolute atomic E-state index is 12.6. The highest BCUT2D eigenvalue weighted by Gasteiger charge is 2.47. The largest absolute Gasteiger partial charge is 0.467 e. The normalized spacial score (nSPS) is 19.3. The molecule has 1 aliphatic rings. The zero-order chi connectivity index (χ0) is 14.4. The van der Waals surface area contributed by atoms with Crippen molar-refractivity contribution in [3.63, 3.8) is 0 Å². The zero-order valence-corrected chi connectivity index (χ0v) is 12.1. The smallest absolute Gasteiger partial charge is 0.333 e. The Bertz CT molecular complexity index is 432. The van der Waals surface area contributed by atoms with E-state index in [1.165, 1.54) is 7.11 Å². The number of benzene rings is 1. The molecule has 0 amide bonds. The fourth-order valence-corrected chi connectivity index (χ4v) is 2.80. The van der Waals surface area contributed by atoms with E-state index in [-0.39, 0.29) is 12.6 Å². The van der Waals surface area contributed by atoms with Gasteiger partial charge in [0.2, 0.25) is 0 Å². The van der Waals surface area contributed by atoms with E-state index < -0.39 is 5.54 Å². The molecule has 0 aliphatic carbocycles. The minimum Gasteiger partial charge on any atom is -0.467 e. The zero-order valence-electron chi connectivity index (χ0n) is 12.1. The number of ether oxygens (including phenoxy) is 2. The predicted octanol–water partition coefficient (Wildman–Crippen LogP) is 0.607. The molecular formula is C15H22N2O3. The van der Waals surface area contributed by atoms with Crippen LogP contribution in [0.25, 0.3) is 0 Å². The van der Waals surface area contributed by atoms with Crippen LogP contribution in [-0.4, -0.2) is 57.9 Å². The SMILES string of the molecule is COCC(C(=O)OC)(c1ccccc1)N1CCNCC1. The molecule has 1 heterocycles. The van der Waals surface area contributed by atoms with Gasteiger partial charge >= 0.3 is 5.97 Å². The number of esters is 1. The number of piperazine rings is 1. The van der Waals surface area contributed by atoms with Gasteiger partial charge in [-0.25, -0.2) is 4.79 Å². The van der Waals surface area contributed by atoms with E-state index in [0.717, 1.165) is 31.7 Å².